The second kappa shape index (κ2) is 5.21. The highest BCUT2D eigenvalue weighted by Gasteiger charge is 2.34. The van der Waals surface area contributed by atoms with Gasteiger partial charge >= 0.3 is 6.18 Å². The van der Waals surface area contributed by atoms with Gasteiger partial charge in [-0.1, -0.05) is 12.1 Å². The zero-order valence-corrected chi connectivity index (χ0v) is 9.91. The highest BCUT2D eigenvalue weighted by Crippen LogP contribution is 2.38. The summed E-state index contributed by atoms with van der Waals surface area (Å²) in [6, 6.07) is 9.28. The fourth-order valence-electron chi connectivity index (χ4n) is 1.59. The summed E-state index contributed by atoms with van der Waals surface area (Å²) in [6.07, 6.45) is -4.58. The van der Waals surface area contributed by atoms with Gasteiger partial charge in [0, 0.05) is 0 Å². The molecule has 0 heterocycles. The Morgan fingerprint density at radius 2 is 1.70 bits per heavy atom. The van der Waals surface area contributed by atoms with E-state index in [9.17, 15) is 17.6 Å². The number of ether oxygens (including phenoxy) is 1. The SMILES string of the molecule is N#Cc1cc(F)ccc1Oc1ccccc1C(F)(F)F. The molecule has 0 aromatic heterocycles. The van der Waals surface area contributed by atoms with Crippen molar-refractivity contribution in [2.75, 3.05) is 0 Å². The predicted molar refractivity (Wildman–Crippen MR) is 62.6 cm³/mol. The molecule has 2 rings (SSSR count). The number of hydrogen-bond acceptors (Lipinski definition) is 2. The van der Waals surface area contributed by atoms with Gasteiger partial charge in [0.1, 0.15) is 23.4 Å². The van der Waals surface area contributed by atoms with Crippen LogP contribution in [-0.2, 0) is 6.18 Å². The lowest BCUT2D eigenvalue weighted by Gasteiger charge is -2.14. The molecule has 2 aromatic carbocycles. The van der Waals surface area contributed by atoms with E-state index in [0.717, 1.165) is 30.3 Å². The molecular weight excluding hydrogens is 274 g/mol. The van der Waals surface area contributed by atoms with Crippen molar-refractivity contribution in [2.24, 2.45) is 0 Å². The third kappa shape index (κ3) is 2.88. The molecule has 0 unspecified atom stereocenters. The van der Waals surface area contributed by atoms with Crippen molar-refractivity contribution in [1.82, 2.24) is 0 Å². The molecule has 0 aliphatic carbocycles. The van der Waals surface area contributed by atoms with Crippen molar-refractivity contribution >= 4 is 0 Å². The molecule has 0 spiro atoms. The molecule has 0 saturated carbocycles. The van der Waals surface area contributed by atoms with E-state index >= 15 is 0 Å². The van der Waals surface area contributed by atoms with Gasteiger partial charge < -0.3 is 4.74 Å². The van der Waals surface area contributed by atoms with Crippen molar-refractivity contribution in [2.45, 2.75) is 6.18 Å². The summed E-state index contributed by atoms with van der Waals surface area (Å²) in [4.78, 5) is 0. The first-order valence-electron chi connectivity index (χ1n) is 5.45. The molecule has 0 aliphatic heterocycles. The Hall–Kier alpha value is -2.55. The van der Waals surface area contributed by atoms with Crippen LogP contribution in [-0.4, -0.2) is 0 Å². The normalized spacial score (nSPS) is 10.9. The summed E-state index contributed by atoms with van der Waals surface area (Å²) in [5.74, 6) is -1.24. The molecular formula is C14H7F4NO. The Morgan fingerprint density at radius 1 is 1.00 bits per heavy atom. The third-order valence-electron chi connectivity index (χ3n) is 2.47. The maximum absolute atomic E-state index is 13.0. The van der Waals surface area contributed by atoms with Crippen LogP contribution >= 0.6 is 0 Å². The highest BCUT2D eigenvalue weighted by atomic mass is 19.4. The Morgan fingerprint density at radius 3 is 2.35 bits per heavy atom. The summed E-state index contributed by atoms with van der Waals surface area (Å²) in [5.41, 5.74) is -1.14. The minimum Gasteiger partial charge on any atom is -0.455 e. The van der Waals surface area contributed by atoms with E-state index in [1.54, 1.807) is 6.07 Å². The van der Waals surface area contributed by atoms with E-state index in [2.05, 4.69) is 0 Å². The fourth-order valence-corrected chi connectivity index (χ4v) is 1.59. The lowest BCUT2D eigenvalue weighted by atomic mass is 10.2. The standard InChI is InChI=1S/C14H7F4NO/c15-10-5-6-12(9(7-10)8-19)20-13-4-2-1-3-11(13)14(16,17)18/h1-7H. The van der Waals surface area contributed by atoms with Crippen LogP contribution in [0.5, 0.6) is 11.5 Å². The van der Waals surface area contributed by atoms with Crippen LogP contribution in [0.25, 0.3) is 0 Å². The molecule has 2 aromatic rings. The monoisotopic (exact) mass is 281 g/mol. The van der Waals surface area contributed by atoms with Gasteiger partial charge in [0.25, 0.3) is 0 Å². The van der Waals surface area contributed by atoms with Crippen LogP contribution in [0.1, 0.15) is 11.1 Å². The van der Waals surface area contributed by atoms with Gasteiger partial charge in [0.05, 0.1) is 11.1 Å². The first-order valence-corrected chi connectivity index (χ1v) is 5.45. The molecule has 0 N–H and O–H groups in total. The smallest absolute Gasteiger partial charge is 0.419 e. The maximum atomic E-state index is 13.0. The van der Waals surface area contributed by atoms with Crippen molar-refractivity contribution in [3.8, 4) is 17.6 Å². The number of benzene rings is 2. The summed E-state index contributed by atoms with van der Waals surface area (Å²) in [7, 11) is 0. The number of para-hydroxylation sites is 1. The average molecular weight is 281 g/mol. The number of alkyl halides is 3. The summed E-state index contributed by atoms with van der Waals surface area (Å²) >= 11 is 0. The maximum Gasteiger partial charge on any atom is 0.419 e. The Labute approximate surface area is 111 Å². The van der Waals surface area contributed by atoms with Crippen molar-refractivity contribution in [3.63, 3.8) is 0 Å². The van der Waals surface area contributed by atoms with Crippen LogP contribution < -0.4 is 4.74 Å². The van der Waals surface area contributed by atoms with Crippen LogP contribution in [0.15, 0.2) is 42.5 Å². The molecule has 2 nitrogen and oxygen atoms in total. The molecule has 0 saturated heterocycles. The van der Waals surface area contributed by atoms with Crippen molar-refractivity contribution < 1.29 is 22.3 Å². The summed E-state index contributed by atoms with van der Waals surface area (Å²) < 4.78 is 56.4. The first kappa shape index (κ1) is 13.9. The van der Waals surface area contributed by atoms with Gasteiger partial charge in [-0.05, 0) is 30.3 Å². The number of hydrogen-bond donors (Lipinski definition) is 0. The summed E-state index contributed by atoms with van der Waals surface area (Å²) in [6.45, 7) is 0. The molecule has 0 atom stereocenters. The molecule has 6 heteroatoms. The minimum atomic E-state index is -4.58. The lowest BCUT2D eigenvalue weighted by molar-refractivity contribution is -0.138. The highest BCUT2D eigenvalue weighted by molar-refractivity contribution is 5.47. The quantitative estimate of drug-likeness (QED) is 0.759. The van der Waals surface area contributed by atoms with E-state index in [4.69, 9.17) is 10.00 Å². The van der Waals surface area contributed by atoms with E-state index in [1.165, 1.54) is 12.1 Å². The molecule has 0 amide bonds. The Kier molecular flexibility index (Phi) is 3.61. The minimum absolute atomic E-state index is 0.134. The Bertz CT molecular complexity index is 674. The van der Waals surface area contributed by atoms with Crippen LogP contribution in [0.3, 0.4) is 0 Å². The van der Waals surface area contributed by atoms with Gasteiger partial charge in [0.2, 0.25) is 0 Å². The third-order valence-corrected chi connectivity index (χ3v) is 2.47. The Balaban J connectivity index is 2.44. The average Bonchev–Trinajstić information content (AvgIpc) is 2.40. The molecule has 20 heavy (non-hydrogen) atoms. The van der Waals surface area contributed by atoms with E-state index < -0.39 is 23.3 Å². The second-order valence-electron chi connectivity index (χ2n) is 3.85. The van der Waals surface area contributed by atoms with Gasteiger partial charge in [-0.2, -0.15) is 18.4 Å². The van der Waals surface area contributed by atoms with Gasteiger partial charge in [-0.25, -0.2) is 4.39 Å². The number of halogens is 4. The van der Waals surface area contributed by atoms with Crippen LogP contribution in [0, 0.1) is 17.1 Å². The van der Waals surface area contributed by atoms with Gasteiger partial charge in [-0.15, -0.1) is 0 Å². The van der Waals surface area contributed by atoms with Crippen LogP contribution in [0.2, 0.25) is 0 Å². The van der Waals surface area contributed by atoms with Crippen molar-refractivity contribution in [1.29, 1.82) is 5.26 Å². The largest absolute Gasteiger partial charge is 0.455 e. The fraction of sp³-hybridized carbons (Fsp3) is 0.0714. The molecule has 0 bridgehead atoms. The predicted octanol–water partition coefficient (Wildman–Crippen LogP) is 4.51. The molecule has 0 fully saturated rings. The van der Waals surface area contributed by atoms with Gasteiger partial charge in [-0.3, -0.25) is 0 Å². The lowest BCUT2D eigenvalue weighted by Crippen LogP contribution is -2.07. The van der Waals surface area contributed by atoms with E-state index in [1.807, 2.05) is 0 Å². The van der Waals surface area contributed by atoms with E-state index in [0.29, 0.717) is 0 Å². The number of nitriles is 1. The molecule has 102 valence electrons. The molecule has 0 aliphatic rings. The zero-order valence-electron chi connectivity index (χ0n) is 9.91. The van der Waals surface area contributed by atoms with Crippen LogP contribution in [0.4, 0.5) is 17.6 Å². The second-order valence-corrected chi connectivity index (χ2v) is 3.85. The van der Waals surface area contributed by atoms with Gasteiger partial charge in [0.15, 0.2) is 0 Å². The van der Waals surface area contributed by atoms with Crippen molar-refractivity contribution in [3.05, 3.63) is 59.4 Å². The number of rotatable bonds is 2. The first-order chi connectivity index (χ1) is 9.41. The summed E-state index contributed by atoms with van der Waals surface area (Å²) in [5, 5.41) is 8.83. The molecule has 0 radical (unpaired) electrons. The van der Waals surface area contributed by atoms with E-state index in [-0.39, 0.29) is 11.3 Å². The zero-order chi connectivity index (χ0) is 14.8. The topological polar surface area (TPSA) is 33.0 Å². The number of nitrogens with zero attached hydrogens (tertiary/aromatic N) is 1.